The van der Waals surface area contributed by atoms with E-state index in [1.165, 1.54) is 27.2 Å². The number of aryl methyl sites for hydroxylation is 1. The lowest BCUT2D eigenvalue weighted by Crippen LogP contribution is -2.44. The van der Waals surface area contributed by atoms with Crippen molar-refractivity contribution in [2.24, 2.45) is 5.92 Å². The fourth-order valence-corrected chi connectivity index (χ4v) is 5.10. The van der Waals surface area contributed by atoms with Crippen LogP contribution < -0.4 is 35.6 Å². The van der Waals surface area contributed by atoms with E-state index in [4.69, 9.17) is 19.3 Å². The Morgan fingerprint density at radius 1 is 1.07 bits per heavy atom. The van der Waals surface area contributed by atoms with Gasteiger partial charge < -0.3 is 35.3 Å². The van der Waals surface area contributed by atoms with Gasteiger partial charge in [-0.25, -0.2) is 0 Å². The van der Waals surface area contributed by atoms with Gasteiger partial charge in [0.05, 0.1) is 39.5 Å². The summed E-state index contributed by atoms with van der Waals surface area (Å²) in [5, 5.41) is 17.7. The van der Waals surface area contributed by atoms with Crippen molar-refractivity contribution in [2.45, 2.75) is 58.5 Å². The summed E-state index contributed by atoms with van der Waals surface area (Å²) in [6.07, 6.45) is 1.52. The monoisotopic (exact) mass is 569 g/mol. The second-order valence-electron chi connectivity index (χ2n) is 10.0. The highest BCUT2D eigenvalue weighted by Crippen LogP contribution is 2.50. The van der Waals surface area contributed by atoms with Gasteiger partial charge in [-0.15, -0.1) is 0 Å². The van der Waals surface area contributed by atoms with Gasteiger partial charge in [0.2, 0.25) is 23.0 Å². The fraction of sp³-hybridized carbons (Fsp3) is 0.467. The quantitative estimate of drug-likeness (QED) is 0.302. The molecule has 11 heteroatoms. The highest BCUT2D eigenvalue weighted by atomic mass is 16.5. The number of aliphatic carboxylic acids is 1. The minimum Gasteiger partial charge on any atom is -0.493 e. The maximum absolute atomic E-state index is 13.6. The summed E-state index contributed by atoms with van der Waals surface area (Å²) in [6, 6.07) is 5.52. The number of carbonyl (C=O) groups excluding carboxylic acids is 2. The summed E-state index contributed by atoms with van der Waals surface area (Å²) in [5.74, 6) is -0.466. The van der Waals surface area contributed by atoms with Crippen LogP contribution in [-0.2, 0) is 20.8 Å². The summed E-state index contributed by atoms with van der Waals surface area (Å²) < 4.78 is 17.0. The Labute approximate surface area is 239 Å². The largest absolute Gasteiger partial charge is 0.493 e. The molecule has 0 saturated carbocycles. The van der Waals surface area contributed by atoms with E-state index in [0.29, 0.717) is 47.6 Å². The number of carboxylic acids is 1. The highest BCUT2D eigenvalue weighted by Gasteiger charge is 2.30. The van der Waals surface area contributed by atoms with Gasteiger partial charge in [0.1, 0.15) is 6.04 Å². The van der Waals surface area contributed by atoms with Crippen molar-refractivity contribution in [3.05, 3.63) is 45.6 Å². The van der Waals surface area contributed by atoms with Crippen molar-refractivity contribution in [1.82, 2.24) is 10.6 Å². The molecule has 3 unspecified atom stereocenters. The smallest absolute Gasteiger partial charge is 0.305 e. The molecule has 0 saturated heterocycles. The van der Waals surface area contributed by atoms with Crippen molar-refractivity contribution >= 4 is 23.5 Å². The number of carbonyl (C=O) groups is 3. The molecule has 2 amide bonds. The van der Waals surface area contributed by atoms with Crippen molar-refractivity contribution in [3.63, 3.8) is 0 Å². The van der Waals surface area contributed by atoms with Crippen LogP contribution in [0.3, 0.4) is 0 Å². The van der Waals surface area contributed by atoms with Gasteiger partial charge in [-0.2, -0.15) is 0 Å². The Balaban J connectivity index is 2.20. The van der Waals surface area contributed by atoms with E-state index in [1.807, 2.05) is 19.9 Å². The predicted molar refractivity (Wildman–Crippen MR) is 155 cm³/mol. The number of carboxylic acid groups (broad SMARTS) is 1. The Morgan fingerprint density at radius 3 is 2.37 bits per heavy atom. The van der Waals surface area contributed by atoms with Crippen LogP contribution in [-0.4, -0.2) is 56.8 Å². The van der Waals surface area contributed by atoms with E-state index in [2.05, 4.69) is 16.0 Å². The molecular weight excluding hydrogens is 530 g/mol. The van der Waals surface area contributed by atoms with Crippen LogP contribution in [0.15, 0.2) is 29.1 Å². The molecule has 4 N–H and O–H groups in total. The van der Waals surface area contributed by atoms with Crippen molar-refractivity contribution in [2.75, 3.05) is 33.2 Å². The normalized spacial score (nSPS) is 15.2. The number of hydrogen-bond donors (Lipinski definition) is 4. The molecule has 2 aromatic carbocycles. The molecule has 0 aromatic heterocycles. The molecule has 41 heavy (non-hydrogen) atoms. The second kappa shape index (κ2) is 13.9. The zero-order valence-corrected chi connectivity index (χ0v) is 24.4. The van der Waals surface area contributed by atoms with Crippen LogP contribution in [0.25, 0.3) is 11.1 Å². The topological polar surface area (TPSA) is 152 Å². The molecule has 11 nitrogen and oxygen atoms in total. The Morgan fingerprint density at radius 2 is 1.78 bits per heavy atom. The van der Waals surface area contributed by atoms with E-state index in [-0.39, 0.29) is 35.9 Å². The molecule has 1 aliphatic carbocycles. The SMILES string of the molecule is CCC(C)C(Nc1ccc2c(cc1=O)C(NC(C)=O)CCc1cc(OC)c(OC)c(OC)c1-2)C(=O)NCCC(=O)O. The maximum Gasteiger partial charge on any atom is 0.305 e. The predicted octanol–water partition coefficient (Wildman–Crippen LogP) is 3.28. The highest BCUT2D eigenvalue weighted by molar-refractivity contribution is 5.86. The van der Waals surface area contributed by atoms with Crippen molar-refractivity contribution in [3.8, 4) is 28.4 Å². The molecule has 0 radical (unpaired) electrons. The van der Waals surface area contributed by atoms with Gasteiger partial charge in [-0.3, -0.25) is 19.2 Å². The Hall–Kier alpha value is -4.28. The number of nitrogens with one attached hydrogen (secondary N) is 3. The molecule has 3 atom stereocenters. The minimum atomic E-state index is -1.02. The lowest BCUT2D eigenvalue weighted by atomic mass is 9.95. The first-order valence-electron chi connectivity index (χ1n) is 13.6. The summed E-state index contributed by atoms with van der Waals surface area (Å²) in [4.78, 5) is 49.7. The Bertz CT molecular complexity index is 1360. The van der Waals surface area contributed by atoms with E-state index in [0.717, 1.165) is 11.1 Å². The molecule has 0 bridgehead atoms. The van der Waals surface area contributed by atoms with Crippen molar-refractivity contribution < 1.29 is 33.7 Å². The van der Waals surface area contributed by atoms with E-state index in [9.17, 15) is 19.2 Å². The molecule has 222 valence electrons. The average Bonchev–Trinajstić information content (AvgIpc) is 3.18. The zero-order chi connectivity index (χ0) is 30.3. The maximum atomic E-state index is 13.6. The number of amides is 2. The fourth-order valence-electron chi connectivity index (χ4n) is 5.10. The molecule has 3 rings (SSSR count). The zero-order valence-electron chi connectivity index (χ0n) is 24.4. The molecule has 0 fully saturated rings. The van der Waals surface area contributed by atoms with Gasteiger partial charge in [0.15, 0.2) is 11.5 Å². The van der Waals surface area contributed by atoms with E-state index >= 15 is 0 Å². The summed E-state index contributed by atoms with van der Waals surface area (Å²) in [6.45, 7) is 5.21. The van der Waals surface area contributed by atoms with Crippen LogP contribution in [0.2, 0.25) is 0 Å². The number of anilines is 1. The number of hydrogen-bond acceptors (Lipinski definition) is 8. The summed E-state index contributed by atoms with van der Waals surface area (Å²) in [7, 11) is 4.59. The summed E-state index contributed by atoms with van der Waals surface area (Å²) in [5.41, 5.74) is 2.73. The molecule has 1 aliphatic rings. The standard InChI is InChI=1S/C30H39N3O8/c1-7-16(2)27(30(38)31-13-12-25(36)37)33-22-11-9-19-20(15-23(22)35)21(32-17(3)34)10-8-18-14-24(39-4)28(40-5)29(41-6)26(18)19/h9,11,14-16,21,27H,7-8,10,12-13H2,1-6H3,(H,31,38)(H,32,34)(H,33,35)(H,36,37). The Kier molecular flexibility index (Phi) is 10.6. The average molecular weight is 570 g/mol. The first-order chi connectivity index (χ1) is 19.6. The lowest BCUT2D eigenvalue weighted by Gasteiger charge is -2.24. The third-order valence-corrected chi connectivity index (χ3v) is 7.36. The third kappa shape index (κ3) is 7.08. The number of methoxy groups -OCH3 is 3. The van der Waals surface area contributed by atoms with Gasteiger partial charge in [-0.05, 0) is 53.6 Å². The van der Waals surface area contributed by atoms with Gasteiger partial charge in [0.25, 0.3) is 0 Å². The van der Waals surface area contributed by atoms with Crippen LogP contribution >= 0.6 is 0 Å². The molecule has 0 aliphatic heterocycles. The molecule has 2 aromatic rings. The van der Waals surface area contributed by atoms with Gasteiger partial charge in [0, 0.05) is 19.0 Å². The number of ether oxygens (including phenoxy) is 3. The van der Waals surface area contributed by atoms with Gasteiger partial charge >= 0.3 is 5.97 Å². The number of rotatable bonds is 12. The van der Waals surface area contributed by atoms with Gasteiger partial charge in [-0.1, -0.05) is 26.3 Å². The first-order valence-corrected chi connectivity index (χ1v) is 13.6. The minimum absolute atomic E-state index is 0.0237. The van der Waals surface area contributed by atoms with Crippen LogP contribution in [0.5, 0.6) is 17.2 Å². The van der Waals surface area contributed by atoms with Crippen LogP contribution in [0, 0.1) is 5.92 Å². The number of benzene rings is 1. The van der Waals surface area contributed by atoms with E-state index < -0.39 is 24.0 Å². The molecular formula is C30H39N3O8. The first kappa shape index (κ1) is 31.3. The van der Waals surface area contributed by atoms with Crippen molar-refractivity contribution in [1.29, 1.82) is 0 Å². The molecule has 0 heterocycles. The number of fused-ring (bicyclic) bond motifs is 3. The molecule has 0 spiro atoms. The van der Waals surface area contributed by atoms with Crippen LogP contribution in [0.4, 0.5) is 5.69 Å². The third-order valence-electron chi connectivity index (χ3n) is 7.36. The lowest BCUT2D eigenvalue weighted by molar-refractivity contribution is -0.137. The van der Waals surface area contributed by atoms with E-state index in [1.54, 1.807) is 19.2 Å². The summed E-state index contributed by atoms with van der Waals surface area (Å²) >= 11 is 0. The van der Waals surface area contributed by atoms with Crippen LogP contribution in [0.1, 0.15) is 57.2 Å². The second-order valence-corrected chi connectivity index (χ2v) is 10.0.